The van der Waals surface area contributed by atoms with Gasteiger partial charge in [-0.3, -0.25) is 9.59 Å². The first-order valence-corrected chi connectivity index (χ1v) is 8.99. The zero-order chi connectivity index (χ0) is 19.9. The van der Waals surface area contributed by atoms with Crippen LogP contribution in [-0.2, 0) is 5.54 Å². The highest BCUT2D eigenvalue weighted by atomic mass is 19.1. The predicted octanol–water partition coefficient (Wildman–Crippen LogP) is 4.49. The number of aromatic amines is 1. The van der Waals surface area contributed by atoms with E-state index in [1.54, 1.807) is 18.2 Å². The zero-order valence-electron chi connectivity index (χ0n) is 15.5. The summed E-state index contributed by atoms with van der Waals surface area (Å²) in [6.45, 7) is 3.71. The largest absolute Gasteiger partial charge is 0.354 e. The summed E-state index contributed by atoms with van der Waals surface area (Å²) >= 11 is 0. The van der Waals surface area contributed by atoms with Gasteiger partial charge in [0.2, 0.25) is 0 Å². The van der Waals surface area contributed by atoms with Gasteiger partial charge < -0.3 is 10.3 Å². The van der Waals surface area contributed by atoms with Crippen molar-refractivity contribution in [2.45, 2.75) is 19.4 Å². The van der Waals surface area contributed by atoms with Crippen LogP contribution in [0.2, 0.25) is 0 Å². The molecule has 1 amide bonds. The molecule has 0 fully saturated rings. The van der Waals surface area contributed by atoms with E-state index in [4.69, 9.17) is 0 Å². The van der Waals surface area contributed by atoms with Gasteiger partial charge in [-0.15, -0.1) is 0 Å². The predicted molar refractivity (Wildman–Crippen MR) is 109 cm³/mol. The van der Waals surface area contributed by atoms with Gasteiger partial charge in [0.05, 0.1) is 16.6 Å². The fourth-order valence-electron chi connectivity index (χ4n) is 3.40. The molecule has 3 aromatic carbocycles. The molecule has 0 bridgehead atoms. The molecule has 0 spiro atoms. The van der Waals surface area contributed by atoms with E-state index in [2.05, 4.69) is 10.3 Å². The number of fused-ring (bicyclic) bond motifs is 2. The molecular weight excluding hydrogens is 355 g/mol. The first kappa shape index (κ1) is 17.9. The zero-order valence-corrected chi connectivity index (χ0v) is 15.5. The van der Waals surface area contributed by atoms with Gasteiger partial charge in [0.1, 0.15) is 5.82 Å². The Morgan fingerprint density at radius 1 is 0.929 bits per heavy atom. The second-order valence-electron chi connectivity index (χ2n) is 7.32. The molecule has 4 nitrogen and oxygen atoms in total. The van der Waals surface area contributed by atoms with E-state index < -0.39 is 17.3 Å². The minimum atomic E-state index is -0.727. The van der Waals surface area contributed by atoms with Crippen molar-refractivity contribution in [2.75, 3.05) is 0 Å². The van der Waals surface area contributed by atoms with Crippen LogP contribution in [-0.4, -0.2) is 10.9 Å². The Labute approximate surface area is 161 Å². The van der Waals surface area contributed by atoms with Crippen LogP contribution in [0.1, 0.15) is 29.8 Å². The maximum absolute atomic E-state index is 14.7. The highest BCUT2D eigenvalue weighted by Gasteiger charge is 2.25. The number of carbonyl (C=O) groups excluding carboxylic acids is 1. The molecule has 2 N–H and O–H groups in total. The normalized spacial score (nSPS) is 11.7. The van der Waals surface area contributed by atoms with Crippen LogP contribution >= 0.6 is 0 Å². The Kier molecular flexibility index (Phi) is 4.23. The van der Waals surface area contributed by atoms with Gasteiger partial charge in [0, 0.05) is 16.3 Å². The van der Waals surface area contributed by atoms with Gasteiger partial charge in [0.25, 0.3) is 5.91 Å². The molecule has 1 aromatic heterocycles. The van der Waals surface area contributed by atoms with E-state index in [1.807, 2.05) is 50.2 Å². The Morgan fingerprint density at radius 3 is 2.36 bits per heavy atom. The van der Waals surface area contributed by atoms with Crippen molar-refractivity contribution in [2.24, 2.45) is 0 Å². The van der Waals surface area contributed by atoms with Gasteiger partial charge in [-0.25, -0.2) is 4.39 Å². The number of pyridine rings is 1. The Bertz CT molecular complexity index is 1260. The third kappa shape index (κ3) is 3.05. The molecule has 0 unspecified atom stereocenters. The Morgan fingerprint density at radius 2 is 1.61 bits per heavy atom. The van der Waals surface area contributed by atoms with E-state index >= 15 is 0 Å². The molecule has 0 aliphatic heterocycles. The van der Waals surface area contributed by atoms with Crippen molar-refractivity contribution in [3.63, 3.8) is 0 Å². The molecule has 28 heavy (non-hydrogen) atoms. The minimum Gasteiger partial charge on any atom is -0.354 e. The van der Waals surface area contributed by atoms with Crippen LogP contribution in [0.3, 0.4) is 0 Å². The molecule has 5 heteroatoms. The first-order valence-electron chi connectivity index (χ1n) is 8.99. The molecule has 4 aromatic rings. The topological polar surface area (TPSA) is 62.0 Å². The summed E-state index contributed by atoms with van der Waals surface area (Å²) in [5.41, 5.74) is 0.915. The first-order chi connectivity index (χ1) is 13.4. The highest BCUT2D eigenvalue weighted by Crippen LogP contribution is 2.23. The lowest BCUT2D eigenvalue weighted by molar-refractivity contribution is 0.0908. The lowest BCUT2D eigenvalue weighted by atomic mass is 9.94. The molecule has 4 rings (SSSR count). The summed E-state index contributed by atoms with van der Waals surface area (Å²) < 4.78 is 14.7. The summed E-state index contributed by atoms with van der Waals surface area (Å²) in [4.78, 5) is 28.6. The van der Waals surface area contributed by atoms with Crippen LogP contribution in [0.15, 0.2) is 71.5 Å². The number of carbonyl (C=O) groups is 1. The highest BCUT2D eigenvalue weighted by molar-refractivity contribution is 6.00. The number of amides is 1. The number of benzene rings is 3. The number of nitrogens with one attached hydrogen (secondary N) is 2. The van der Waals surface area contributed by atoms with Crippen molar-refractivity contribution < 1.29 is 9.18 Å². The van der Waals surface area contributed by atoms with Gasteiger partial charge in [0.15, 0.2) is 5.43 Å². The van der Waals surface area contributed by atoms with E-state index in [0.29, 0.717) is 16.4 Å². The lowest BCUT2D eigenvalue weighted by Crippen LogP contribution is -2.41. The number of rotatable bonds is 3. The second-order valence-corrected chi connectivity index (χ2v) is 7.32. The summed E-state index contributed by atoms with van der Waals surface area (Å²) in [5, 5.41) is 3.58. The number of H-pyrrole nitrogens is 1. The Hall–Kier alpha value is -3.47. The smallest absolute Gasteiger partial charge is 0.255 e. The molecule has 0 saturated carbocycles. The summed E-state index contributed by atoms with van der Waals surface area (Å²) in [5.74, 6) is -1.27. The maximum atomic E-state index is 14.7. The number of hydrogen-bond donors (Lipinski definition) is 2. The summed E-state index contributed by atoms with van der Waals surface area (Å²) in [7, 11) is 0. The summed E-state index contributed by atoms with van der Waals surface area (Å²) in [6.07, 6.45) is 0. The second kappa shape index (κ2) is 6.60. The van der Waals surface area contributed by atoms with Crippen molar-refractivity contribution in [1.82, 2.24) is 10.3 Å². The van der Waals surface area contributed by atoms with Crippen molar-refractivity contribution in [1.29, 1.82) is 0 Å². The van der Waals surface area contributed by atoms with Crippen LogP contribution < -0.4 is 10.7 Å². The van der Waals surface area contributed by atoms with Gasteiger partial charge in [-0.2, -0.15) is 0 Å². The van der Waals surface area contributed by atoms with Crippen molar-refractivity contribution >= 4 is 27.7 Å². The number of hydrogen-bond acceptors (Lipinski definition) is 2. The summed E-state index contributed by atoms with van der Waals surface area (Å²) in [6, 6.07) is 19.0. The standard InChI is InChI=1S/C23H19FN2O2/c1-23(2,14-8-4-3-5-9-14)26-22(28)16-13-20-17(12-18(16)24)21(27)15-10-6-7-11-19(15)25-20/h3-13H,1-2H3,(H,25,27)(H,26,28). The third-order valence-corrected chi connectivity index (χ3v) is 4.96. The quantitative estimate of drug-likeness (QED) is 0.519. The van der Waals surface area contributed by atoms with Crippen molar-refractivity contribution in [3.05, 3.63) is 93.9 Å². The molecule has 0 saturated heterocycles. The molecule has 0 aliphatic carbocycles. The van der Waals surface area contributed by atoms with E-state index in [-0.39, 0.29) is 16.4 Å². The van der Waals surface area contributed by atoms with Crippen LogP contribution in [0, 0.1) is 5.82 Å². The average Bonchev–Trinajstić information content (AvgIpc) is 2.69. The molecular formula is C23H19FN2O2. The number of aromatic nitrogens is 1. The lowest BCUT2D eigenvalue weighted by Gasteiger charge is -2.27. The third-order valence-electron chi connectivity index (χ3n) is 4.96. The maximum Gasteiger partial charge on any atom is 0.255 e. The fraction of sp³-hybridized carbons (Fsp3) is 0.130. The average molecular weight is 374 g/mol. The van der Waals surface area contributed by atoms with Gasteiger partial charge >= 0.3 is 0 Å². The van der Waals surface area contributed by atoms with Crippen LogP contribution in [0.4, 0.5) is 4.39 Å². The van der Waals surface area contributed by atoms with E-state index in [1.165, 1.54) is 6.07 Å². The molecule has 140 valence electrons. The minimum absolute atomic E-state index is 0.109. The van der Waals surface area contributed by atoms with Gasteiger partial charge in [-0.05, 0) is 43.7 Å². The molecule has 1 heterocycles. The van der Waals surface area contributed by atoms with Crippen LogP contribution in [0.25, 0.3) is 21.8 Å². The SMILES string of the molecule is CC(C)(NC(=O)c1cc2[nH]c3ccccc3c(=O)c2cc1F)c1ccccc1. The van der Waals surface area contributed by atoms with Crippen LogP contribution in [0.5, 0.6) is 0 Å². The van der Waals surface area contributed by atoms with Crippen molar-refractivity contribution in [3.8, 4) is 0 Å². The molecule has 0 atom stereocenters. The molecule has 0 aliphatic rings. The Balaban J connectivity index is 1.78. The fourth-order valence-corrected chi connectivity index (χ4v) is 3.40. The van der Waals surface area contributed by atoms with E-state index in [0.717, 1.165) is 11.6 Å². The number of halogens is 1. The molecule has 0 radical (unpaired) electrons. The monoisotopic (exact) mass is 374 g/mol. The van der Waals surface area contributed by atoms with E-state index in [9.17, 15) is 14.0 Å². The van der Waals surface area contributed by atoms with Gasteiger partial charge in [-0.1, -0.05) is 42.5 Å². The number of para-hydroxylation sites is 1.